The number of nitrogens with zero attached hydrogens (tertiary/aromatic N) is 2. The van der Waals surface area contributed by atoms with Crippen LogP contribution in [0.5, 0.6) is 5.75 Å². The van der Waals surface area contributed by atoms with Crippen molar-refractivity contribution in [3.63, 3.8) is 0 Å². The van der Waals surface area contributed by atoms with Crippen molar-refractivity contribution in [2.45, 2.75) is 26.5 Å². The molecule has 0 fully saturated rings. The molecule has 2 aromatic rings. The number of benzene rings is 1. The van der Waals surface area contributed by atoms with Gasteiger partial charge in [0.15, 0.2) is 0 Å². The van der Waals surface area contributed by atoms with Crippen molar-refractivity contribution in [2.75, 3.05) is 6.54 Å². The SMILES string of the molecule is CCNC(C)c1cccc(OCc2cnn(C)c2)c1. The summed E-state index contributed by atoms with van der Waals surface area (Å²) in [6.07, 6.45) is 3.79. The van der Waals surface area contributed by atoms with Crippen LogP contribution in [0, 0.1) is 0 Å². The molecule has 0 aliphatic rings. The van der Waals surface area contributed by atoms with Gasteiger partial charge in [-0.05, 0) is 31.2 Å². The smallest absolute Gasteiger partial charge is 0.120 e. The molecule has 1 N–H and O–H groups in total. The van der Waals surface area contributed by atoms with Crippen molar-refractivity contribution >= 4 is 0 Å². The molecule has 19 heavy (non-hydrogen) atoms. The van der Waals surface area contributed by atoms with Crippen LogP contribution in [0.25, 0.3) is 0 Å². The van der Waals surface area contributed by atoms with Crippen LogP contribution >= 0.6 is 0 Å². The van der Waals surface area contributed by atoms with Crippen LogP contribution in [-0.2, 0) is 13.7 Å². The fraction of sp³-hybridized carbons (Fsp3) is 0.400. The van der Waals surface area contributed by atoms with E-state index in [1.165, 1.54) is 5.56 Å². The van der Waals surface area contributed by atoms with Crippen molar-refractivity contribution in [2.24, 2.45) is 7.05 Å². The lowest BCUT2D eigenvalue weighted by atomic mass is 10.1. The predicted molar refractivity (Wildman–Crippen MR) is 76.1 cm³/mol. The summed E-state index contributed by atoms with van der Waals surface area (Å²) in [6, 6.07) is 8.56. The number of rotatable bonds is 6. The van der Waals surface area contributed by atoms with Gasteiger partial charge in [-0.2, -0.15) is 5.10 Å². The Kier molecular flexibility index (Phi) is 4.58. The third-order valence-corrected chi connectivity index (χ3v) is 3.03. The van der Waals surface area contributed by atoms with Gasteiger partial charge in [0.1, 0.15) is 12.4 Å². The second kappa shape index (κ2) is 6.38. The van der Waals surface area contributed by atoms with E-state index in [1.807, 2.05) is 31.6 Å². The summed E-state index contributed by atoms with van der Waals surface area (Å²) in [4.78, 5) is 0. The molecular weight excluding hydrogens is 238 g/mol. The molecule has 0 aliphatic carbocycles. The zero-order chi connectivity index (χ0) is 13.7. The number of hydrogen-bond acceptors (Lipinski definition) is 3. The highest BCUT2D eigenvalue weighted by Crippen LogP contribution is 2.19. The van der Waals surface area contributed by atoms with Gasteiger partial charge in [0.25, 0.3) is 0 Å². The molecule has 1 unspecified atom stereocenters. The minimum absolute atomic E-state index is 0.340. The molecule has 4 heteroatoms. The molecule has 0 radical (unpaired) electrons. The average Bonchev–Trinajstić information content (AvgIpc) is 2.83. The number of nitrogens with one attached hydrogen (secondary N) is 1. The maximum absolute atomic E-state index is 5.79. The summed E-state index contributed by atoms with van der Waals surface area (Å²) in [7, 11) is 1.90. The van der Waals surface area contributed by atoms with Crippen LogP contribution in [-0.4, -0.2) is 16.3 Å². The first-order chi connectivity index (χ1) is 9.19. The fourth-order valence-electron chi connectivity index (χ4n) is 2.01. The summed E-state index contributed by atoms with van der Waals surface area (Å²) in [5.74, 6) is 0.895. The van der Waals surface area contributed by atoms with E-state index in [-0.39, 0.29) is 0 Å². The monoisotopic (exact) mass is 259 g/mol. The summed E-state index contributed by atoms with van der Waals surface area (Å²) in [5.41, 5.74) is 2.32. The number of hydrogen-bond donors (Lipinski definition) is 1. The quantitative estimate of drug-likeness (QED) is 0.867. The Bertz CT molecular complexity index is 522. The van der Waals surface area contributed by atoms with Gasteiger partial charge in [-0.3, -0.25) is 4.68 Å². The van der Waals surface area contributed by atoms with Crippen LogP contribution in [0.1, 0.15) is 31.0 Å². The predicted octanol–water partition coefficient (Wildman–Crippen LogP) is 2.67. The summed E-state index contributed by atoms with van der Waals surface area (Å²) < 4.78 is 7.57. The van der Waals surface area contributed by atoms with Gasteiger partial charge >= 0.3 is 0 Å². The normalized spacial score (nSPS) is 12.4. The molecule has 0 amide bonds. The van der Waals surface area contributed by atoms with Gasteiger partial charge < -0.3 is 10.1 Å². The first-order valence-corrected chi connectivity index (χ1v) is 6.62. The van der Waals surface area contributed by atoms with Crippen molar-refractivity contribution < 1.29 is 4.74 Å². The van der Waals surface area contributed by atoms with Gasteiger partial charge in [-0.25, -0.2) is 0 Å². The van der Waals surface area contributed by atoms with E-state index in [4.69, 9.17) is 4.74 Å². The number of ether oxygens (including phenoxy) is 1. The first kappa shape index (κ1) is 13.6. The Labute approximate surface area is 114 Å². The number of aromatic nitrogens is 2. The maximum atomic E-state index is 5.79. The Hall–Kier alpha value is -1.81. The molecule has 2 rings (SSSR count). The zero-order valence-electron chi connectivity index (χ0n) is 11.8. The molecule has 1 aromatic heterocycles. The maximum Gasteiger partial charge on any atom is 0.120 e. The summed E-state index contributed by atoms with van der Waals surface area (Å²) >= 11 is 0. The lowest BCUT2D eigenvalue weighted by Gasteiger charge is -2.14. The second-order valence-electron chi connectivity index (χ2n) is 4.66. The highest BCUT2D eigenvalue weighted by molar-refractivity contribution is 5.30. The highest BCUT2D eigenvalue weighted by atomic mass is 16.5. The van der Waals surface area contributed by atoms with Crippen LogP contribution in [0.2, 0.25) is 0 Å². The van der Waals surface area contributed by atoms with E-state index < -0.39 is 0 Å². The first-order valence-electron chi connectivity index (χ1n) is 6.62. The van der Waals surface area contributed by atoms with Crippen LogP contribution in [0.4, 0.5) is 0 Å². The molecule has 1 aromatic carbocycles. The molecule has 0 spiro atoms. The number of aryl methyl sites for hydroxylation is 1. The Morgan fingerprint density at radius 1 is 1.42 bits per heavy atom. The van der Waals surface area contributed by atoms with Crippen LogP contribution in [0.15, 0.2) is 36.7 Å². The van der Waals surface area contributed by atoms with Gasteiger partial charge in [0.05, 0.1) is 6.20 Å². The van der Waals surface area contributed by atoms with Gasteiger partial charge in [-0.15, -0.1) is 0 Å². The Balaban J connectivity index is 1.98. The fourth-order valence-corrected chi connectivity index (χ4v) is 2.01. The third kappa shape index (κ3) is 3.83. The minimum atomic E-state index is 0.340. The van der Waals surface area contributed by atoms with Gasteiger partial charge in [0, 0.05) is 24.8 Å². The Morgan fingerprint density at radius 2 is 2.26 bits per heavy atom. The lowest BCUT2D eigenvalue weighted by Crippen LogP contribution is -2.17. The van der Waals surface area contributed by atoms with E-state index in [1.54, 1.807) is 4.68 Å². The molecule has 1 heterocycles. The van der Waals surface area contributed by atoms with Gasteiger partial charge in [-0.1, -0.05) is 19.1 Å². The van der Waals surface area contributed by atoms with Crippen molar-refractivity contribution in [3.8, 4) is 5.75 Å². The van der Waals surface area contributed by atoms with Crippen molar-refractivity contribution in [1.29, 1.82) is 0 Å². The molecule has 102 valence electrons. The highest BCUT2D eigenvalue weighted by Gasteiger charge is 2.05. The molecule has 0 saturated heterocycles. The molecular formula is C15H21N3O. The zero-order valence-corrected chi connectivity index (χ0v) is 11.8. The van der Waals surface area contributed by atoms with Crippen LogP contribution in [0.3, 0.4) is 0 Å². The topological polar surface area (TPSA) is 39.1 Å². The third-order valence-electron chi connectivity index (χ3n) is 3.03. The summed E-state index contributed by atoms with van der Waals surface area (Å²) in [5, 5.41) is 7.52. The van der Waals surface area contributed by atoms with E-state index in [9.17, 15) is 0 Å². The lowest BCUT2D eigenvalue weighted by molar-refractivity contribution is 0.305. The van der Waals surface area contributed by atoms with Gasteiger partial charge in [0.2, 0.25) is 0 Å². The summed E-state index contributed by atoms with van der Waals surface area (Å²) in [6.45, 7) is 5.78. The van der Waals surface area contributed by atoms with E-state index in [2.05, 4.69) is 36.4 Å². The van der Waals surface area contributed by atoms with E-state index in [0.717, 1.165) is 17.9 Å². The average molecular weight is 259 g/mol. The molecule has 1 atom stereocenters. The minimum Gasteiger partial charge on any atom is -0.489 e. The molecule has 4 nitrogen and oxygen atoms in total. The largest absolute Gasteiger partial charge is 0.489 e. The van der Waals surface area contributed by atoms with E-state index in [0.29, 0.717) is 12.6 Å². The van der Waals surface area contributed by atoms with Crippen molar-refractivity contribution in [3.05, 3.63) is 47.8 Å². The molecule has 0 bridgehead atoms. The standard InChI is InChI=1S/C15H21N3O/c1-4-16-12(2)14-6-5-7-15(8-14)19-11-13-9-17-18(3)10-13/h5-10,12,16H,4,11H2,1-3H3. The van der Waals surface area contributed by atoms with E-state index >= 15 is 0 Å². The van der Waals surface area contributed by atoms with Crippen molar-refractivity contribution in [1.82, 2.24) is 15.1 Å². The Morgan fingerprint density at radius 3 is 2.95 bits per heavy atom. The molecule has 0 aliphatic heterocycles. The second-order valence-corrected chi connectivity index (χ2v) is 4.66. The molecule has 0 saturated carbocycles. The van der Waals surface area contributed by atoms with Crippen LogP contribution < -0.4 is 10.1 Å².